The third-order valence-electron chi connectivity index (χ3n) is 5.21. The predicted octanol–water partition coefficient (Wildman–Crippen LogP) is 2.78. The topological polar surface area (TPSA) is 87.0 Å². The molecule has 27 heavy (non-hydrogen) atoms. The average molecular weight is 363 g/mol. The number of fused-ring (bicyclic) bond motifs is 1. The van der Waals surface area contributed by atoms with E-state index in [9.17, 15) is 4.79 Å². The number of para-hydroxylation sites is 1. The summed E-state index contributed by atoms with van der Waals surface area (Å²) in [6.07, 6.45) is 2.76. The minimum Gasteiger partial charge on any atom is -0.382 e. The molecule has 0 spiro atoms. The van der Waals surface area contributed by atoms with E-state index in [1.807, 2.05) is 29.2 Å². The Kier molecular flexibility index (Phi) is 5.07. The zero-order valence-corrected chi connectivity index (χ0v) is 15.3. The Labute approximate surface area is 158 Å². The summed E-state index contributed by atoms with van der Waals surface area (Å²) in [5, 5.41) is 11.7. The molecule has 1 amide bonds. The van der Waals surface area contributed by atoms with Gasteiger partial charge in [-0.25, -0.2) is 0 Å². The quantitative estimate of drug-likeness (QED) is 0.650. The average Bonchev–Trinajstić information content (AvgIpc) is 3.14. The Bertz CT molecular complexity index is 910. The fourth-order valence-corrected chi connectivity index (χ4v) is 3.67. The minimum absolute atomic E-state index is 0.0111. The van der Waals surface area contributed by atoms with Crippen molar-refractivity contribution in [2.75, 3.05) is 25.0 Å². The summed E-state index contributed by atoms with van der Waals surface area (Å²) in [5.74, 6) is 0.0111. The zero-order valence-electron chi connectivity index (χ0n) is 15.3. The maximum absolute atomic E-state index is 12.9. The van der Waals surface area contributed by atoms with Gasteiger partial charge in [0.25, 0.3) is 5.91 Å². The smallest absolute Gasteiger partial charge is 0.274 e. The van der Waals surface area contributed by atoms with Crippen LogP contribution in [0, 0.1) is 0 Å². The fourth-order valence-electron chi connectivity index (χ4n) is 3.67. The molecule has 1 aliphatic rings. The van der Waals surface area contributed by atoms with Crippen molar-refractivity contribution in [3.8, 4) is 0 Å². The summed E-state index contributed by atoms with van der Waals surface area (Å²) in [5.41, 5.74) is 9.40. The van der Waals surface area contributed by atoms with Gasteiger partial charge < -0.3 is 16.0 Å². The van der Waals surface area contributed by atoms with Crippen molar-refractivity contribution in [1.29, 1.82) is 0 Å². The molecule has 140 valence electrons. The lowest BCUT2D eigenvalue weighted by atomic mass is 10.0. The lowest BCUT2D eigenvalue weighted by molar-refractivity contribution is 0.0714. The molecule has 0 saturated carbocycles. The van der Waals surface area contributed by atoms with Gasteiger partial charge in [0.15, 0.2) is 5.69 Å². The van der Waals surface area contributed by atoms with Crippen molar-refractivity contribution in [2.24, 2.45) is 5.73 Å². The van der Waals surface area contributed by atoms with Gasteiger partial charge in [-0.3, -0.25) is 9.89 Å². The number of rotatable bonds is 5. The molecule has 0 atom stereocenters. The number of piperidine rings is 1. The van der Waals surface area contributed by atoms with Crippen LogP contribution >= 0.6 is 0 Å². The number of carbonyl (C=O) groups is 1. The van der Waals surface area contributed by atoms with Gasteiger partial charge in [-0.15, -0.1) is 0 Å². The van der Waals surface area contributed by atoms with Crippen molar-refractivity contribution < 1.29 is 4.79 Å². The highest BCUT2D eigenvalue weighted by atomic mass is 16.2. The molecule has 6 nitrogen and oxygen atoms in total. The van der Waals surface area contributed by atoms with Crippen molar-refractivity contribution in [2.45, 2.75) is 25.3 Å². The number of hydrogen-bond acceptors (Lipinski definition) is 4. The number of benzene rings is 2. The number of carbonyl (C=O) groups excluding carboxylic acids is 1. The highest BCUT2D eigenvalue weighted by Gasteiger charge is 2.26. The van der Waals surface area contributed by atoms with Gasteiger partial charge in [0.1, 0.15) is 0 Å². The van der Waals surface area contributed by atoms with E-state index in [1.54, 1.807) is 0 Å². The second-order valence-electron chi connectivity index (χ2n) is 7.06. The van der Waals surface area contributed by atoms with Crippen LogP contribution in [0.15, 0.2) is 48.5 Å². The largest absolute Gasteiger partial charge is 0.382 e. The number of anilines is 1. The number of aromatic amines is 1. The summed E-state index contributed by atoms with van der Waals surface area (Å²) < 4.78 is 0. The van der Waals surface area contributed by atoms with Gasteiger partial charge in [0, 0.05) is 30.2 Å². The van der Waals surface area contributed by atoms with Crippen LogP contribution in [0.25, 0.3) is 10.9 Å². The number of nitrogens with zero attached hydrogens (tertiary/aromatic N) is 2. The molecule has 6 heteroatoms. The Morgan fingerprint density at radius 2 is 1.89 bits per heavy atom. The Hall–Kier alpha value is -2.86. The lowest BCUT2D eigenvalue weighted by Gasteiger charge is -2.32. The van der Waals surface area contributed by atoms with Gasteiger partial charge in [-0.1, -0.05) is 30.3 Å². The standard InChI is InChI=1S/C21H25N5O/c22-12-9-15-5-7-16(8-6-15)23-17-10-13-26(14-11-17)21(27)20-18-3-1-2-4-19(18)24-25-20/h1-8,17,23H,9-14,22H2,(H,24,25). The molecule has 0 unspecified atom stereocenters. The first-order valence-corrected chi connectivity index (χ1v) is 9.52. The third-order valence-corrected chi connectivity index (χ3v) is 5.21. The SMILES string of the molecule is NCCc1ccc(NC2CCN(C(=O)c3n[nH]c4ccccc34)CC2)cc1. The zero-order chi connectivity index (χ0) is 18.6. The molecule has 0 bridgehead atoms. The molecular formula is C21H25N5O. The van der Waals surface area contributed by atoms with Crippen molar-refractivity contribution in [3.05, 3.63) is 59.8 Å². The number of aromatic nitrogens is 2. The molecule has 2 aromatic carbocycles. The second-order valence-corrected chi connectivity index (χ2v) is 7.06. The third kappa shape index (κ3) is 3.80. The Balaban J connectivity index is 1.35. The van der Waals surface area contributed by atoms with E-state index >= 15 is 0 Å². The molecule has 4 N–H and O–H groups in total. The van der Waals surface area contributed by atoms with Gasteiger partial charge in [0.2, 0.25) is 0 Å². The van der Waals surface area contributed by atoms with Crippen molar-refractivity contribution >= 4 is 22.5 Å². The highest BCUT2D eigenvalue weighted by Crippen LogP contribution is 2.21. The maximum atomic E-state index is 12.9. The normalized spacial score (nSPS) is 15.2. The molecule has 1 saturated heterocycles. The van der Waals surface area contributed by atoms with E-state index in [1.165, 1.54) is 5.56 Å². The van der Waals surface area contributed by atoms with E-state index in [-0.39, 0.29) is 5.91 Å². The van der Waals surface area contributed by atoms with E-state index < -0.39 is 0 Å². The van der Waals surface area contributed by atoms with Gasteiger partial charge in [-0.05, 0) is 49.6 Å². The number of likely N-dealkylation sites (tertiary alicyclic amines) is 1. The molecule has 1 fully saturated rings. The molecule has 2 heterocycles. The minimum atomic E-state index is 0.0111. The Morgan fingerprint density at radius 3 is 2.63 bits per heavy atom. The molecule has 3 aromatic rings. The molecule has 1 aromatic heterocycles. The van der Waals surface area contributed by atoms with Crippen LogP contribution in [0.1, 0.15) is 28.9 Å². The van der Waals surface area contributed by atoms with Gasteiger partial charge in [0.05, 0.1) is 5.52 Å². The molecule has 0 aliphatic carbocycles. The maximum Gasteiger partial charge on any atom is 0.274 e. The summed E-state index contributed by atoms with van der Waals surface area (Å²) in [6, 6.07) is 16.6. The monoisotopic (exact) mass is 363 g/mol. The first-order chi connectivity index (χ1) is 13.2. The van der Waals surface area contributed by atoms with E-state index in [0.717, 1.165) is 48.9 Å². The van der Waals surface area contributed by atoms with E-state index in [0.29, 0.717) is 18.3 Å². The van der Waals surface area contributed by atoms with E-state index in [4.69, 9.17) is 5.73 Å². The summed E-state index contributed by atoms with van der Waals surface area (Å²) in [7, 11) is 0. The molecule has 4 rings (SSSR count). The number of H-pyrrole nitrogens is 1. The number of nitrogens with one attached hydrogen (secondary N) is 2. The van der Waals surface area contributed by atoms with Crippen LogP contribution in [0.5, 0.6) is 0 Å². The van der Waals surface area contributed by atoms with Crippen molar-refractivity contribution in [3.63, 3.8) is 0 Å². The van der Waals surface area contributed by atoms with Crippen LogP contribution in [-0.2, 0) is 6.42 Å². The highest BCUT2D eigenvalue weighted by molar-refractivity contribution is 6.04. The van der Waals surface area contributed by atoms with Crippen LogP contribution < -0.4 is 11.1 Å². The molecule has 0 radical (unpaired) electrons. The molecular weight excluding hydrogens is 338 g/mol. The van der Waals surface area contributed by atoms with Crippen LogP contribution in [0.2, 0.25) is 0 Å². The van der Waals surface area contributed by atoms with E-state index in [2.05, 4.69) is 39.8 Å². The summed E-state index contributed by atoms with van der Waals surface area (Å²) in [4.78, 5) is 14.8. The number of amides is 1. The lowest BCUT2D eigenvalue weighted by Crippen LogP contribution is -2.42. The predicted molar refractivity (Wildman–Crippen MR) is 108 cm³/mol. The number of hydrogen-bond donors (Lipinski definition) is 3. The second kappa shape index (κ2) is 7.80. The van der Waals surface area contributed by atoms with Gasteiger partial charge >= 0.3 is 0 Å². The van der Waals surface area contributed by atoms with Crippen molar-refractivity contribution in [1.82, 2.24) is 15.1 Å². The fraction of sp³-hybridized carbons (Fsp3) is 0.333. The van der Waals surface area contributed by atoms with Crippen LogP contribution in [0.4, 0.5) is 5.69 Å². The van der Waals surface area contributed by atoms with Crippen LogP contribution in [-0.4, -0.2) is 46.7 Å². The van der Waals surface area contributed by atoms with Gasteiger partial charge in [-0.2, -0.15) is 5.10 Å². The summed E-state index contributed by atoms with van der Waals surface area (Å²) >= 11 is 0. The first kappa shape index (κ1) is 17.5. The van der Waals surface area contributed by atoms with Crippen LogP contribution in [0.3, 0.4) is 0 Å². The first-order valence-electron chi connectivity index (χ1n) is 9.52. The Morgan fingerprint density at radius 1 is 1.15 bits per heavy atom. The number of nitrogens with two attached hydrogens (primary N) is 1. The molecule has 1 aliphatic heterocycles. The summed E-state index contributed by atoms with van der Waals surface area (Å²) in [6.45, 7) is 2.15.